The van der Waals surface area contributed by atoms with Crippen LogP contribution < -0.4 is 9.46 Å². The monoisotopic (exact) mass is 379 g/mol. The van der Waals surface area contributed by atoms with Gasteiger partial charge in [-0.2, -0.15) is 0 Å². The average Bonchev–Trinajstić information content (AvgIpc) is 2.63. The van der Waals surface area contributed by atoms with Crippen molar-refractivity contribution in [3.63, 3.8) is 0 Å². The smallest absolute Gasteiger partial charge is 0.244 e. The minimum atomic E-state index is -3.78. The molecule has 2 N–H and O–H groups in total. The summed E-state index contributed by atoms with van der Waals surface area (Å²) in [5.41, 5.74) is 2.75. The van der Waals surface area contributed by atoms with Crippen LogP contribution in [0.3, 0.4) is 0 Å². The van der Waals surface area contributed by atoms with E-state index in [1.165, 1.54) is 7.11 Å². The topological polar surface area (TPSA) is 84.9 Å². The molecule has 0 aliphatic carbocycles. The van der Waals surface area contributed by atoms with Crippen molar-refractivity contribution in [3.8, 4) is 5.75 Å². The summed E-state index contributed by atoms with van der Waals surface area (Å²) in [7, 11) is -2.35. The van der Waals surface area contributed by atoms with Gasteiger partial charge in [0.15, 0.2) is 0 Å². The van der Waals surface area contributed by atoms with Gasteiger partial charge in [0.1, 0.15) is 10.6 Å². The lowest BCUT2D eigenvalue weighted by Gasteiger charge is -2.19. The second kappa shape index (κ2) is 9.14. The second-order valence-electron chi connectivity index (χ2n) is 6.00. The Hall–Kier alpha value is -1.93. The molecule has 0 fully saturated rings. The number of hydrogen-bond acceptors (Lipinski definition) is 5. The Morgan fingerprint density at radius 3 is 2.35 bits per heavy atom. The third-order valence-electron chi connectivity index (χ3n) is 3.93. The lowest BCUT2D eigenvalue weighted by molar-refractivity contribution is 0.0309. The molecule has 0 amide bonds. The van der Waals surface area contributed by atoms with Crippen LogP contribution in [0.5, 0.6) is 5.75 Å². The zero-order valence-electron chi connectivity index (χ0n) is 15.2. The Kier molecular flexibility index (Phi) is 7.16. The molecule has 1 unspecified atom stereocenters. The van der Waals surface area contributed by atoms with E-state index in [0.717, 1.165) is 16.7 Å². The van der Waals surface area contributed by atoms with Gasteiger partial charge in [0, 0.05) is 6.54 Å². The molecule has 0 saturated carbocycles. The number of rotatable bonds is 9. The molecule has 0 radical (unpaired) electrons. The van der Waals surface area contributed by atoms with E-state index in [1.807, 2.05) is 38.1 Å². The fraction of sp³-hybridized carbons (Fsp3) is 0.368. The summed E-state index contributed by atoms with van der Waals surface area (Å²) in [5, 5.41) is 9.03. The first-order valence-electron chi connectivity index (χ1n) is 8.30. The van der Waals surface area contributed by atoms with Crippen LogP contribution in [0.25, 0.3) is 0 Å². The Labute approximate surface area is 154 Å². The quantitative estimate of drug-likeness (QED) is 0.699. The van der Waals surface area contributed by atoms with Gasteiger partial charge in [-0.15, -0.1) is 0 Å². The van der Waals surface area contributed by atoms with Crippen LogP contribution in [0, 0.1) is 13.8 Å². The molecule has 1 atom stereocenters. The zero-order chi connectivity index (χ0) is 19.2. The van der Waals surface area contributed by atoms with Crippen molar-refractivity contribution >= 4 is 10.0 Å². The highest BCUT2D eigenvalue weighted by Gasteiger charge is 2.22. The van der Waals surface area contributed by atoms with Gasteiger partial charge in [-0.3, -0.25) is 0 Å². The van der Waals surface area contributed by atoms with Gasteiger partial charge in [-0.05, 0) is 37.1 Å². The van der Waals surface area contributed by atoms with Crippen molar-refractivity contribution in [3.05, 3.63) is 59.2 Å². The maximum absolute atomic E-state index is 12.7. The lowest BCUT2D eigenvalue weighted by atomic mass is 10.1. The van der Waals surface area contributed by atoms with Crippen molar-refractivity contribution in [1.29, 1.82) is 0 Å². The Bertz CT molecular complexity index is 818. The van der Waals surface area contributed by atoms with Crippen LogP contribution >= 0.6 is 0 Å². The molecule has 7 heteroatoms. The van der Waals surface area contributed by atoms with Crippen molar-refractivity contribution in [2.24, 2.45) is 0 Å². The maximum atomic E-state index is 12.7. The van der Waals surface area contributed by atoms with E-state index in [1.54, 1.807) is 18.2 Å². The molecule has 142 valence electrons. The Morgan fingerprint density at radius 1 is 1.08 bits per heavy atom. The molecule has 0 aliphatic heterocycles. The molecule has 0 heterocycles. The summed E-state index contributed by atoms with van der Waals surface area (Å²) in [5.74, 6) is 0.284. The molecule has 2 rings (SSSR count). The van der Waals surface area contributed by atoms with Gasteiger partial charge in [0.2, 0.25) is 10.0 Å². The van der Waals surface area contributed by atoms with Crippen LogP contribution in [0.4, 0.5) is 0 Å². The molecule has 2 aromatic rings. The first-order chi connectivity index (χ1) is 12.4. The molecule has 0 spiro atoms. The lowest BCUT2D eigenvalue weighted by Crippen LogP contribution is -2.30. The number of hydrogen-bond donors (Lipinski definition) is 2. The van der Waals surface area contributed by atoms with E-state index in [2.05, 4.69) is 4.72 Å². The Morgan fingerprint density at radius 2 is 1.73 bits per heavy atom. The van der Waals surface area contributed by atoms with Crippen molar-refractivity contribution in [2.75, 3.05) is 26.9 Å². The summed E-state index contributed by atoms with van der Waals surface area (Å²) in [6.07, 6.45) is -0.506. The van der Waals surface area contributed by atoms with E-state index >= 15 is 0 Å². The van der Waals surface area contributed by atoms with E-state index in [9.17, 15) is 8.42 Å². The van der Waals surface area contributed by atoms with E-state index < -0.39 is 16.1 Å². The third-order valence-corrected chi connectivity index (χ3v) is 5.37. The number of benzene rings is 2. The van der Waals surface area contributed by atoms with Gasteiger partial charge >= 0.3 is 0 Å². The minimum absolute atomic E-state index is 0.0441. The first-order valence-corrected chi connectivity index (χ1v) is 9.79. The maximum Gasteiger partial charge on any atom is 0.244 e. The number of aryl methyl sites for hydroxylation is 2. The summed E-state index contributed by atoms with van der Waals surface area (Å²) in [6.45, 7) is 3.81. The largest absolute Gasteiger partial charge is 0.495 e. The third kappa shape index (κ3) is 5.28. The number of aliphatic hydroxyl groups excluding tert-OH is 1. The summed E-state index contributed by atoms with van der Waals surface area (Å²) >= 11 is 0. The summed E-state index contributed by atoms with van der Waals surface area (Å²) < 4.78 is 38.8. The highest BCUT2D eigenvalue weighted by Crippen LogP contribution is 2.25. The SMILES string of the molecule is COc1ccc(C)cc1S(=O)(=O)NCC(OCCO)c1ccc(C)cc1. The molecule has 0 aliphatic rings. The zero-order valence-corrected chi connectivity index (χ0v) is 16.0. The average molecular weight is 379 g/mol. The van der Waals surface area contributed by atoms with Gasteiger partial charge in [-0.25, -0.2) is 13.1 Å². The minimum Gasteiger partial charge on any atom is -0.495 e. The first kappa shape index (κ1) is 20.4. The van der Waals surface area contributed by atoms with Crippen molar-refractivity contribution in [1.82, 2.24) is 4.72 Å². The normalized spacial score (nSPS) is 12.8. The molecule has 26 heavy (non-hydrogen) atoms. The van der Waals surface area contributed by atoms with Crippen LogP contribution in [0.15, 0.2) is 47.4 Å². The fourth-order valence-corrected chi connectivity index (χ4v) is 3.79. The standard InChI is InChI=1S/C19H25NO5S/c1-14-4-7-16(8-5-14)18(25-11-10-21)13-20-26(22,23)19-12-15(2)6-9-17(19)24-3/h4-9,12,18,20-21H,10-11,13H2,1-3H3. The van der Waals surface area contributed by atoms with Crippen LogP contribution in [-0.2, 0) is 14.8 Å². The fourth-order valence-electron chi connectivity index (χ4n) is 2.51. The molecule has 0 aromatic heterocycles. The van der Waals surface area contributed by atoms with E-state index in [-0.39, 0.29) is 30.4 Å². The molecule has 6 nitrogen and oxygen atoms in total. The predicted molar refractivity (Wildman–Crippen MR) is 99.9 cm³/mol. The van der Waals surface area contributed by atoms with Gasteiger partial charge in [-0.1, -0.05) is 35.9 Å². The number of methoxy groups -OCH3 is 1. The van der Waals surface area contributed by atoms with Crippen molar-refractivity contribution < 1.29 is 23.0 Å². The van der Waals surface area contributed by atoms with Crippen molar-refractivity contribution in [2.45, 2.75) is 24.8 Å². The van der Waals surface area contributed by atoms with Gasteiger partial charge < -0.3 is 14.6 Å². The summed E-state index contributed by atoms with van der Waals surface area (Å²) in [6, 6.07) is 12.6. The second-order valence-corrected chi connectivity index (χ2v) is 7.74. The molecule has 0 bridgehead atoms. The number of ether oxygens (including phenoxy) is 2. The highest BCUT2D eigenvalue weighted by atomic mass is 32.2. The van der Waals surface area contributed by atoms with E-state index in [4.69, 9.17) is 14.6 Å². The molecule has 0 saturated heterocycles. The van der Waals surface area contributed by atoms with Gasteiger partial charge in [0.25, 0.3) is 0 Å². The number of sulfonamides is 1. The number of nitrogens with one attached hydrogen (secondary N) is 1. The molecular weight excluding hydrogens is 354 g/mol. The van der Waals surface area contributed by atoms with Crippen LogP contribution in [-0.4, -0.2) is 40.4 Å². The predicted octanol–water partition coefficient (Wildman–Crippen LogP) is 2.34. The number of aliphatic hydroxyl groups is 1. The highest BCUT2D eigenvalue weighted by molar-refractivity contribution is 7.89. The molecule has 2 aromatic carbocycles. The Balaban J connectivity index is 2.21. The van der Waals surface area contributed by atoms with Crippen LogP contribution in [0.1, 0.15) is 22.8 Å². The summed E-state index contributed by atoms with van der Waals surface area (Å²) in [4.78, 5) is 0.0878. The van der Waals surface area contributed by atoms with Crippen LogP contribution in [0.2, 0.25) is 0 Å². The van der Waals surface area contributed by atoms with E-state index in [0.29, 0.717) is 0 Å². The van der Waals surface area contributed by atoms with Gasteiger partial charge in [0.05, 0.1) is 26.4 Å². The molecular formula is C19H25NO5S.